The molecule has 0 atom stereocenters. The summed E-state index contributed by atoms with van der Waals surface area (Å²) in [5.41, 5.74) is 9.30. The minimum atomic E-state index is 0.840. The van der Waals surface area contributed by atoms with Crippen LogP contribution in [0.3, 0.4) is 0 Å². The average molecular weight is 237 g/mol. The van der Waals surface area contributed by atoms with Crippen LogP contribution in [0.4, 0.5) is 5.69 Å². The lowest BCUT2D eigenvalue weighted by molar-refractivity contribution is 0.723. The molecule has 3 nitrogen and oxygen atoms in total. The van der Waals surface area contributed by atoms with E-state index in [1.165, 1.54) is 10.9 Å². The first-order valence-corrected chi connectivity index (χ1v) is 6.07. The molecule has 2 heterocycles. The number of hydrogen-bond acceptors (Lipinski definition) is 2. The Bertz CT molecular complexity index is 656. The van der Waals surface area contributed by atoms with Crippen molar-refractivity contribution >= 4 is 16.6 Å². The maximum Gasteiger partial charge on any atom is 0.0713 e. The highest BCUT2D eigenvalue weighted by molar-refractivity contribution is 5.90. The topological polar surface area (TPSA) is 43.8 Å². The number of anilines is 1. The smallest absolute Gasteiger partial charge is 0.0713 e. The van der Waals surface area contributed by atoms with Crippen LogP contribution in [0, 0.1) is 0 Å². The Labute approximate surface area is 106 Å². The molecule has 3 heteroatoms. The fraction of sp³-hybridized carbons (Fsp3) is 0.133. The summed E-state index contributed by atoms with van der Waals surface area (Å²) in [7, 11) is 0. The van der Waals surface area contributed by atoms with Crippen LogP contribution in [-0.2, 0) is 13.0 Å². The minimum Gasteiger partial charge on any atom is -0.397 e. The zero-order valence-corrected chi connectivity index (χ0v) is 10.1. The normalized spacial score (nSPS) is 10.9. The minimum absolute atomic E-state index is 0.840. The third-order valence-electron chi connectivity index (χ3n) is 3.21. The van der Waals surface area contributed by atoms with Crippen molar-refractivity contribution in [3.05, 3.63) is 60.6 Å². The molecule has 3 aromatic rings. The van der Waals surface area contributed by atoms with Crippen LogP contribution in [-0.4, -0.2) is 9.55 Å². The summed E-state index contributed by atoms with van der Waals surface area (Å²) >= 11 is 0. The van der Waals surface area contributed by atoms with E-state index >= 15 is 0 Å². The van der Waals surface area contributed by atoms with Crippen molar-refractivity contribution in [3.63, 3.8) is 0 Å². The molecule has 0 aliphatic heterocycles. The number of aromatic nitrogens is 2. The van der Waals surface area contributed by atoms with Gasteiger partial charge in [-0.25, -0.2) is 0 Å². The molecule has 1 aromatic carbocycles. The maximum atomic E-state index is 6.04. The standard InChI is InChI=1S/C15H15N3/c16-14-3-1-2-13-7-11-18(15(13)14)10-6-12-4-8-17-9-5-12/h1-5,7-9,11H,6,10,16H2. The number of benzene rings is 1. The van der Waals surface area contributed by atoms with Crippen molar-refractivity contribution in [2.45, 2.75) is 13.0 Å². The summed E-state index contributed by atoms with van der Waals surface area (Å²) in [6.07, 6.45) is 6.75. The predicted octanol–water partition coefficient (Wildman–Crippen LogP) is 2.86. The molecule has 2 N–H and O–H groups in total. The Morgan fingerprint density at radius 1 is 1.06 bits per heavy atom. The molecule has 0 bridgehead atoms. The van der Waals surface area contributed by atoms with Gasteiger partial charge in [0.25, 0.3) is 0 Å². The first kappa shape index (κ1) is 10.8. The van der Waals surface area contributed by atoms with E-state index in [2.05, 4.69) is 40.0 Å². The van der Waals surface area contributed by atoms with Gasteiger partial charge in [-0.2, -0.15) is 0 Å². The molecule has 0 amide bonds. The van der Waals surface area contributed by atoms with E-state index in [-0.39, 0.29) is 0 Å². The molecule has 0 unspecified atom stereocenters. The number of nitrogens with two attached hydrogens (primary N) is 1. The number of nitrogens with zero attached hydrogens (tertiary/aromatic N) is 2. The van der Waals surface area contributed by atoms with Crippen LogP contribution in [0.5, 0.6) is 0 Å². The fourth-order valence-corrected chi connectivity index (χ4v) is 2.28. The number of rotatable bonds is 3. The first-order valence-electron chi connectivity index (χ1n) is 6.07. The van der Waals surface area contributed by atoms with Crippen molar-refractivity contribution in [1.29, 1.82) is 0 Å². The van der Waals surface area contributed by atoms with E-state index in [0.717, 1.165) is 24.2 Å². The van der Waals surface area contributed by atoms with Crippen LogP contribution in [0.15, 0.2) is 55.0 Å². The summed E-state index contributed by atoms with van der Waals surface area (Å²) in [6.45, 7) is 0.932. The summed E-state index contributed by atoms with van der Waals surface area (Å²) in [5.74, 6) is 0. The van der Waals surface area contributed by atoms with Gasteiger partial charge in [0.2, 0.25) is 0 Å². The summed E-state index contributed by atoms with van der Waals surface area (Å²) < 4.78 is 2.21. The molecule has 0 spiro atoms. The third kappa shape index (κ3) is 1.95. The van der Waals surface area contributed by atoms with Gasteiger partial charge in [0.1, 0.15) is 0 Å². The number of fused-ring (bicyclic) bond motifs is 1. The number of aryl methyl sites for hydroxylation is 2. The highest BCUT2D eigenvalue weighted by Gasteiger charge is 2.04. The van der Waals surface area contributed by atoms with E-state index in [9.17, 15) is 0 Å². The van der Waals surface area contributed by atoms with Crippen molar-refractivity contribution in [2.24, 2.45) is 0 Å². The second kappa shape index (κ2) is 4.53. The lowest BCUT2D eigenvalue weighted by Gasteiger charge is -2.07. The largest absolute Gasteiger partial charge is 0.397 e. The first-order chi connectivity index (χ1) is 8.84. The van der Waals surface area contributed by atoms with Gasteiger partial charge in [-0.3, -0.25) is 4.98 Å². The van der Waals surface area contributed by atoms with Crippen molar-refractivity contribution in [1.82, 2.24) is 9.55 Å². The zero-order chi connectivity index (χ0) is 12.4. The van der Waals surface area contributed by atoms with E-state index in [1.54, 1.807) is 0 Å². The number of hydrogen-bond donors (Lipinski definition) is 1. The van der Waals surface area contributed by atoms with Crippen molar-refractivity contribution in [3.8, 4) is 0 Å². The molecule has 2 aromatic heterocycles. The molecule has 0 aliphatic rings. The maximum absolute atomic E-state index is 6.04. The molecule has 0 saturated carbocycles. The Morgan fingerprint density at radius 3 is 2.72 bits per heavy atom. The van der Waals surface area contributed by atoms with Crippen LogP contribution in [0.25, 0.3) is 10.9 Å². The van der Waals surface area contributed by atoms with Gasteiger partial charge < -0.3 is 10.3 Å². The van der Waals surface area contributed by atoms with E-state index in [4.69, 9.17) is 5.73 Å². The molecule has 90 valence electrons. The number of para-hydroxylation sites is 1. The summed E-state index contributed by atoms with van der Waals surface area (Å²) in [6, 6.07) is 12.2. The van der Waals surface area contributed by atoms with Gasteiger partial charge in [-0.1, -0.05) is 12.1 Å². The molecule has 0 saturated heterocycles. The number of pyridine rings is 1. The SMILES string of the molecule is Nc1cccc2ccn(CCc3ccncc3)c12. The van der Waals surface area contributed by atoms with E-state index in [0.29, 0.717) is 0 Å². The molecular weight excluding hydrogens is 222 g/mol. The predicted molar refractivity (Wildman–Crippen MR) is 74.3 cm³/mol. The Balaban J connectivity index is 1.87. The van der Waals surface area contributed by atoms with Gasteiger partial charge >= 0.3 is 0 Å². The van der Waals surface area contributed by atoms with Gasteiger partial charge in [0.15, 0.2) is 0 Å². The second-order valence-corrected chi connectivity index (χ2v) is 4.40. The van der Waals surface area contributed by atoms with Crippen LogP contribution in [0.2, 0.25) is 0 Å². The molecule has 18 heavy (non-hydrogen) atoms. The van der Waals surface area contributed by atoms with Gasteiger partial charge in [0, 0.05) is 30.5 Å². The molecule has 0 aliphatic carbocycles. The average Bonchev–Trinajstić information content (AvgIpc) is 2.82. The monoisotopic (exact) mass is 237 g/mol. The summed E-state index contributed by atoms with van der Waals surface area (Å²) in [5, 5.41) is 1.20. The van der Waals surface area contributed by atoms with E-state index < -0.39 is 0 Å². The van der Waals surface area contributed by atoms with Crippen molar-refractivity contribution in [2.75, 3.05) is 5.73 Å². The van der Waals surface area contributed by atoms with Gasteiger partial charge in [-0.05, 0) is 36.2 Å². The zero-order valence-electron chi connectivity index (χ0n) is 10.1. The van der Waals surface area contributed by atoms with Gasteiger partial charge in [0.05, 0.1) is 11.2 Å². The van der Waals surface area contributed by atoms with Gasteiger partial charge in [-0.15, -0.1) is 0 Å². The third-order valence-corrected chi connectivity index (χ3v) is 3.21. The lowest BCUT2D eigenvalue weighted by atomic mass is 10.2. The second-order valence-electron chi connectivity index (χ2n) is 4.40. The fourth-order valence-electron chi connectivity index (χ4n) is 2.28. The Kier molecular flexibility index (Phi) is 2.73. The van der Waals surface area contributed by atoms with Crippen LogP contribution >= 0.6 is 0 Å². The van der Waals surface area contributed by atoms with Crippen LogP contribution in [0.1, 0.15) is 5.56 Å². The highest BCUT2D eigenvalue weighted by atomic mass is 15.0. The van der Waals surface area contributed by atoms with E-state index in [1.807, 2.05) is 24.5 Å². The molecular formula is C15H15N3. The Morgan fingerprint density at radius 2 is 1.89 bits per heavy atom. The molecule has 0 fully saturated rings. The van der Waals surface area contributed by atoms with Crippen molar-refractivity contribution < 1.29 is 0 Å². The summed E-state index contributed by atoms with van der Waals surface area (Å²) in [4.78, 5) is 4.03. The number of nitrogen functional groups attached to an aromatic ring is 1. The lowest BCUT2D eigenvalue weighted by Crippen LogP contribution is -2.01. The highest BCUT2D eigenvalue weighted by Crippen LogP contribution is 2.22. The quantitative estimate of drug-likeness (QED) is 0.712. The molecule has 0 radical (unpaired) electrons. The van der Waals surface area contributed by atoms with Crippen LogP contribution < -0.4 is 5.73 Å². The Hall–Kier alpha value is -2.29. The molecule has 3 rings (SSSR count).